The maximum Gasteiger partial charge on any atom is -0.0170 e. The first-order valence-electron chi connectivity index (χ1n) is 13.4. The van der Waals surface area contributed by atoms with E-state index in [0.717, 1.165) is 23.2 Å². The Morgan fingerprint density at radius 2 is 0.964 bits per heavy atom. The number of hydrogen-bond donors (Lipinski definition) is 0. The van der Waals surface area contributed by atoms with Crippen molar-refractivity contribution >= 4 is 7.92 Å². The van der Waals surface area contributed by atoms with Gasteiger partial charge in [-0.25, -0.2) is 0 Å². The van der Waals surface area contributed by atoms with E-state index in [9.17, 15) is 0 Å². The molecule has 0 aromatic rings. The van der Waals surface area contributed by atoms with Gasteiger partial charge in [0.05, 0.1) is 0 Å². The van der Waals surface area contributed by atoms with Crippen LogP contribution < -0.4 is 0 Å². The molecule has 0 saturated heterocycles. The van der Waals surface area contributed by atoms with E-state index < -0.39 is 0 Å². The highest BCUT2D eigenvalue weighted by Gasteiger charge is 2.38. The zero-order chi connectivity index (χ0) is 19.2. The molecule has 160 valence electrons. The predicted molar refractivity (Wildman–Crippen MR) is 127 cm³/mol. The zero-order valence-electron chi connectivity index (χ0n) is 18.9. The van der Waals surface area contributed by atoms with Gasteiger partial charge in [0, 0.05) is 0 Å². The highest BCUT2D eigenvalue weighted by atomic mass is 31.1. The van der Waals surface area contributed by atoms with Crippen LogP contribution in [0.4, 0.5) is 0 Å². The Morgan fingerprint density at radius 3 is 1.36 bits per heavy atom. The van der Waals surface area contributed by atoms with Crippen LogP contribution in [-0.2, 0) is 0 Å². The van der Waals surface area contributed by atoms with Crippen molar-refractivity contribution in [3.05, 3.63) is 10.9 Å². The zero-order valence-corrected chi connectivity index (χ0v) is 19.8. The van der Waals surface area contributed by atoms with Gasteiger partial charge in [0.2, 0.25) is 0 Å². The normalized spacial score (nSPS) is 26.4. The van der Waals surface area contributed by atoms with E-state index in [0.29, 0.717) is 0 Å². The molecule has 0 N–H and O–H groups in total. The fourth-order valence-corrected chi connectivity index (χ4v) is 11.9. The summed E-state index contributed by atoms with van der Waals surface area (Å²) in [7, 11) is 0.158. The minimum Gasteiger partial charge on any atom is -0.0734 e. The fourth-order valence-electron chi connectivity index (χ4n) is 7.39. The Bertz CT molecular complexity index is 446. The van der Waals surface area contributed by atoms with Crippen molar-refractivity contribution in [1.29, 1.82) is 0 Å². The molecule has 0 heterocycles. The maximum absolute atomic E-state index is 2.48. The highest BCUT2D eigenvalue weighted by molar-refractivity contribution is 7.63. The van der Waals surface area contributed by atoms with E-state index in [1.807, 2.05) is 0 Å². The van der Waals surface area contributed by atoms with Crippen LogP contribution in [0, 0.1) is 11.8 Å². The van der Waals surface area contributed by atoms with Crippen LogP contribution >= 0.6 is 7.92 Å². The van der Waals surface area contributed by atoms with E-state index in [4.69, 9.17) is 0 Å². The molecule has 4 fully saturated rings. The largest absolute Gasteiger partial charge is 0.0734 e. The Labute approximate surface area is 177 Å². The van der Waals surface area contributed by atoms with Crippen LogP contribution in [0.2, 0.25) is 0 Å². The molecule has 4 rings (SSSR count). The van der Waals surface area contributed by atoms with Gasteiger partial charge in [-0.3, -0.25) is 0 Å². The van der Waals surface area contributed by atoms with E-state index >= 15 is 0 Å². The fraction of sp³-hybridized carbons (Fsp3) is 0.926. The van der Waals surface area contributed by atoms with Gasteiger partial charge in [-0.05, 0) is 86.3 Å². The third kappa shape index (κ3) is 5.07. The summed E-state index contributed by atoms with van der Waals surface area (Å²) in [5.74, 6) is 1.98. The summed E-state index contributed by atoms with van der Waals surface area (Å²) in [4.78, 5) is 0. The lowest BCUT2D eigenvalue weighted by atomic mass is 9.73. The first-order chi connectivity index (χ1) is 13.9. The van der Waals surface area contributed by atoms with E-state index in [2.05, 4.69) is 17.8 Å². The second-order valence-electron chi connectivity index (χ2n) is 10.6. The quantitative estimate of drug-likeness (QED) is 0.372. The van der Waals surface area contributed by atoms with Gasteiger partial charge in [0.25, 0.3) is 0 Å². The second-order valence-corrected chi connectivity index (χ2v) is 13.4. The van der Waals surface area contributed by atoms with Crippen LogP contribution in [0.1, 0.15) is 135 Å². The Morgan fingerprint density at radius 1 is 0.571 bits per heavy atom. The van der Waals surface area contributed by atoms with Crippen LogP contribution in [0.5, 0.6) is 0 Å². The summed E-state index contributed by atoms with van der Waals surface area (Å²) in [5, 5.41) is 2.15. The monoisotopic (exact) mass is 402 g/mol. The van der Waals surface area contributed by atoms with Gasteiger partial charge in [0.1, 0.15) is 0 Å². The van der Waals surface area contributed by atoms with E-state index in [1.165, 1.54) is 103 Å². The molecule has 0 atom stereocenters. The van der Waals surface area contributed by atoms with Gasteiger partial charge < -0.3 is 0 Å². The van der Waals surface area contributed by atoms with Crippen molar-refractivity contribution in [1.82, 2.24) is 0 Å². The molecule has 0 aromatic heterocycles. The van der Waals surface area contributed by atoms with Crippen molar-refractivity contribution in [2.75, 3.05) is 0 Å². The lowest BCUT2D eigenvalue weighted by molar-refractivity contribution is 0.324. The first-order valence-corrected chi connectivity index (χ1v) is 14.9. The Kier molecular flexibility index (Phi) is 8.39. The topological polar surface area (TPSA) is 0 Å². The third-order valence-corrected chi connectivity index (χ3v) is 12.4. The van der Waals surface area contributed by atoms with Crippen molar-refractivity contribution in [2.24, 2.45) is 11.8 Å². The van der Waals surface area contributed by atoms with Gasteiger partial charge in [-0.15, -0.1) is 0 Å². The van der Waals surface area contributed by atoms with Crippen LogP contribution in [0.25, 0.3) is 0 Å². The molecule has 0 spiro atoms. The number of allylic oxidation sites excluding steroid dienone is 2. The van der Waals surface area contributed by atoms with Crippen LogP contribution in [0.15, 0.2) is 10.9 Å². The standard InChI is InChI=1S/C27H47P/c1-2-13-26(28(24-18-9-10-19-24)25-20-11-12-21-25)27(22-14-5-3-6-15-22)23-16-7-4-8-17-23/h22-25H,2-21H2,1H3. The lowest BCUT2D eigenvalue weighted by Crippen LogP contribution is -2.23. The molecule has 0 bridgehead atoms. The summed E-state index contributed by atoms with van der Waals surface area (Å²) in [6, 6.07) is 0. The highest BCUT2D eigenvalue weighted by Crippen LogP contribution is 2.65. The Hall–Kier alpha value is 0.170. The minimum atomic E-state index is 0.158. The molecule has 4 aliphatic rings. The minimum absolute atomic E-state index is 0.158. The van der Waals surface area contributed by atoms with Gasteiger partial charge in [0.15, 0.2) is 0 Å². The third-order valence-electron chi connectivity index (χ3n) is 8.66. The lowest BCUT2D eigenvalue weighted by Gasteiger charge is -2.40. The van der Waals surface area contributed by atoms with Crippen LogP contribution in [0.3, 0.4) is 0 Å². The van der Waals surface area contributed by atoms with Crippen molar-refractivity contribution in [2.45, 2.75) is 147 Å². The summed E-state index contributed by atoms with van der Waals surface area (Å²) in [6.45, 7) is 2.48. The summed E-state index contributed by atoms with van der Waals surface area (Å²) >= 11 is 0. The summed E-state index contributed by atoms with van der Waals surface area (Å²) < 4.78 is 0. The van der Waals surface area contributed by atoms with Crippen molar-refractivity contribution < 1.29 is 0 Å². The van der Waals surface area contributed by atoms with E-state index in [-0.39, 0.29) is 7.92 Å². The molecular formula is C27H47P. The van der Waals surface area contributed by atoms with Gasteiger partial charge >= 0.3 is 0 Å². The van der Waals surface area contributed by atoms with Crippen molar-refractivity contribution in [3.8, 4) is 0 Å². The molecule has 28 heavy (non-hydrogen) atoms. The predicted octanol–water partition coefficient (Wildman–Crippen LogP) is 9.57. The second kappa shape index (κ2) is 11.0. The number of hydrogen-bond acceptors (Lipinski definition) is 0. The summed E-state index contributed by atoms with van der Waals surface area (Å²) in [6.07, 6.45) is 30.6. The number of rotatable bonds is 7. The smallest absolute Gasteiger partial charge is 0.0170 e. The Balaban J connectivity index is 1.72. The van der Waals surface area contributed by atoms with Crippen LogP contribution in [-0.4, -0.2) is 11.3 Å². The maximum atomic E-state index is 2.48. The summed E-state index contributed by atoms with van der Waals surface area (Å²) in [5.41, 5.74) is 4.36. The van der Waals surface area contributed by atoms with E-state index in [1.54, 1.807) is 25.7 Å². The SMILES string of the molecule is CCCC(=C(C1CCCCC1)C1CCCCC1)P(C1CCCC1)C1CCCC1. The molecule has 0 aliphatic heterocycles. The molecule has 0 radical (unpaired) electrons. The van der Waals surface area contributed by atoms with Crippen molar-refractivity contribution in [3.63, 3.8) is 0 Å². The first kappa shape index (κ1) is 21.4. The van der Waals surface area contributed by atoms with Gasteiger partial charge in [-0.1, -0.05) is 91.0 Å². The molecule has 0 aromatic carbocycles. The molecule has 1 heteroatoms. The van der Waals surface area contributed by atoms with Gasteiger partial charge in [-0.2, -0.15) is 0 Å². The average Bonchev–Trinajstić information content (AvgIpc) is 3.45. The average molecular weight is 403 g/mol. The molecule has 0 unspecified atom stereocenters. The molecule has 0 nitrogen and oxygen atoms in total. The molecule has 4 aliphatic carbocycles. The molecule has 0 amide bonds. The molecule has 4 saturated carbocycles. The molecular weight excluding hydrogens is 355 g/mol.